The minimum absolute atomic E-state index is 0.225. The Bertz CT molecular complexity index is 1140. The highest BCUT2D eigenvalue weighted by Crippen LogP contribution is 2.59. The van der Waals surface area contributed by atoms with Gasteiger partial charge in [0.25, 0.3) is 0 Å². The molecule has 4 aliphatic heterocycles. The fourth-order valence-electron chi connectivity index (χ4n) is 6.64. The third kappa shape index (κ3) is 3.76. The van der Waals surface area contributed by atoms with Crippen molar-refractivity contribution in [3.05, 3.63) is 60.2 Å². The van der Waals surface area contributed by atoms with Crippen LogP contribution >= 0.6 is 0 Å². The number of benzene rings is 1. The highest BCUT2D eigenvalue weighted by molar-refractivity contribution is 5.99. The zero-order valence-corrected chi connectivity index (χ0v) is 21.9. The number of rotatable bonds is 4. The molecule has 0 aromatic heterocycles. The zero-order chi connectivity index (χ0) is 26.6. The van der Waals surface area contributed by atoms with Crippen molar-refractivity contribution in [2.24, 2.45) is 11.8 Å². The zero-order valence-electron chi connectivity index (χ0n) is 21.9. The van der Waals surface area contributed by atoms with E-state index in [1.807, 2.05) is 82.3 Å². The third-order valence-electron chi connectivity index (χ3n) is 8.34. The molecule has 4 aliphatic rings. The Morgan fingerprint density at radius 1 is 1.05 bits per heavy atom. The van der Waals surface area contributed by atoms with Gasteiger partial charge in [-0.15, -0.1) is 0 Å². The van der Waals surface area contributed by atoms with E-state index in [0.29, 0.717) is 24.9 Å². The van der Waals surface area contributed by atoms with Gasteiger partial charge in [-0.3, -0.25) is 14.4 Å². The number of cyclic esters (lactones) is 1. The molecule has 1 N–H and O–H groups in total. The first-order chi connectivity index (χ1) is 17.6. The maximum atomic E-state index is 14.5. The second-order valence-corrected chi connectivity index (χ2v) is 11.4. The highest BCUT2D eigenvalue weighted by Gasteiger charge is 2.76. The molecular weight excluding hydrogens is 472 g/mol. The Morgan fingerprint density at radius 3 is 2.43 bits per heavy atom. The molecule has 37 heavy (non-hydrogen) atoms. The van der Waals surface area contributed by atoms with E-state index >= 15 is 0 Å². The Morgan fingerprint density at radius 2 is 1.78 bits per heavy atom. The van der Waals surface area contributed by atoms with Gasteiger partial charge < -0.3 is 24.4 Å². The molecule has 5 rings (SSSR count). The topological polar surface area (TPSA) is 96.4 Å². The molecule has 0 aliphatic carbocycles. The smallest absolute Gasteiger partial charge is 0.313 e. The number of carbonyl (C=O) groups excluding carboxylic acids is 3. The maximum Gasteiger partial charge on any atom is 0.313 e. The van der Waals surface area contributed by atoms with Crippen molar-refractivity contribution in [2.45, 2.75) is 69.4 Å². The fraction of sp³-hybridized carbons (Fsp3) is 0.552. The molecule has 1 unspecified atom stereocenters. The standard InChI is InChI=1S/C29H36N2O6/c1-5-28-14-9-10-17-36-26(35)22(28)21-24(33)31(20(18-32)19-12-7-6-8-13-19)23-25(34)30(27(2,3)4)16-11-15-29(21,23)37-28/h6-9,11-15,20-23,32H,5,10,16-18H2,1-4H3/t20-,21+,22-,23?,28+,29+/m1/s1. The summed E-state index contributed by atoms with van der Waals surface area (Å²) in [6, 6.07) is 7.35. The first-order valence-corrected chi connectivity index (χ1v) is 13.1. The van der Waals surface area contributed by atoms with E-state index in [0.717, 1.165) is 0 Å². The number of aliphatic hydroxyl groups is 1. The molecular formula is C29H36N2O6. The highest BCUT2D eigenvalue weighted by atomic mass is 16.6. The predicted octanol–water partition coefficient (Wildman–Crippen LogP) is 2.78. The number of esters is 1. The quantitative estimate of drug-likeness (QED) is 0.496. The Balaban J connectivity index is 1.74. The van der Waals surface area contributed by atoms with Crippen molar-refractivity contribution in [2.75, 3.05) is 19.8 Å². The van der Waals surface area contributed by atoms with Gasteiger partial charge in [0.2, 0.25) is 11.8 Å². The molecule has 0 saturated carbocycles. The van der Waals surface area contributed by atoms with Gasteiger partial charge in [-0.05, 0) is 39.2 Å². The fourth-order valence-corrected chi connectivity index (χ4v) is 6.64. The number of hydrogen-bond donors (Lipinski definition) is 1. The van der Waals surface area contributed by atoms with Gasteiger partial charge in [-0.1, -0.05) is 61.6 Å². The molecule has 1 aromatic rings. The molecule has 1 aromatic carbocycles. The molecule has 0 bridgehead atoms. The minimum atomic E-state index is -1.38. The lowest BCUT2D eigenvalue weighted by Crippen LogP contribution is -2.59. The number of nitrogens with zero attached hydrogens (tertiary/aromatic N) is 2. The van der Waals surface area contributed by atoms with Gasteiger partial charge in [-0.25, -0.2) is 0 Å². The van der Waals surface area contributed by atoms with E-state index in [1.165, 1.54) is 4.90 Å². The van der Waals surface area contributed by atoms with Crippen LogP contribution in [0.4, 0.5) is 0 Å². The summed E-state index contributed by atoms with van der Waals surface area (Å²) in [7, 11) is 0. The summed E-state index contributed by atoms with van der Waals surface area (Å²) >= 11 is 0. The maximum absolute atomic E-state index is 14.5. The lowest BCUT2D eigenvalue weighted by Gasteiger charge is -2.43. The first kappa shape index (κ1) is 25.7. The summed E-state index contributed by atoms with van der Waals surface area (Å²) in [5.74, 6) is -3.01. The second-order valence-electron chi connectivity index (χ2n) is 11.4. The number of hydrogen-bond acceptors (Lipinski definition) is 6. The van der Waals surface area contributed by atoms with Crippen LogP contribution in [-0.2, 0) is 23.9 Å². The van der Waals surface area contributed by atoms with Crippen LogP contribution in [0, 0.1) is 11.8 Å². The van der Waals surface area contributed by atoms with Crippen molar-refractivity contribution in [1.82, 2.24) is 9.80 Å². The largest absolute Gasteiger partial charge is 0.465 e. The van der Waals surface area contributed by atoms with Crippen molar-refractivity contribution in [3.8, 4) is 0 Å². The normalized spacial score (nSPS) is 34.3. The van der Waals surface area contributed by atoms with E-state index in [9.17, 15) is 19.5 Å². The summed E-state index contributed by atoms with van der Waals surface area (Å²) in [4.78, 5) is 45.6. The molecule has 198 valence electrons. The van der Waals surface area contributed by atoms with Crippen LogP contribution in [0.15, 0.2) is 54.6 Å². The Hall–Kier alpha value is -2.97. The summed E-state index contributed by atoms with van der Waals surface area (Å²) in [6.07, 6.45) is 8.52. The molecule has 4 heterocycles. The van der Waals surface area contributed by atoms with E-state index in [-0.39, 0.29) is 25.0 Å². The predicted molar refractivity (Wildman–Crippen MR) is 136 cm³/mol. The van der Waals surface area contributed by atoms with Crippen LogP contribution in [0.25, 0.3) is 0 Å². The summed E-state index contributed by atoms with van der Waals surface area (Å²) < 4.78 is 12.5. The van der Waals surface area contributed by atoms with Gasteiger partial charge in [0.15, 0.2) is 0 Å². The first-order valence-electron chi connectivity index (χ1n) is 13.1. The third-order valence-corrected chi connectivity index (χ3v) is 8.34. The SMILES string of the molecule is CC[C@]12C=CCCOC(=O)[C@H]1[C@H]1C(=O)N([C@H](CO)c3ccccc3)C3C(=O)N(C(C)(C)C)CC=C[C@@]31O2. The monoisotopic (exact) mass is 508 g/mol. The molecule has 8 heteroatoms. The average Bonchev–Trinajstić information content (AvgIpc) is 3.20. The van der Waals surface area contributed by atoms with E-state index < -0.39 is 46.6 Å². The van der Waals surface area contributed by atoms with E-state index in [2.05, 4.69) is 0 Å². The average molecular weight is 509 g/mol. The number of likely N-dealkylation sites (tertiary alicyclic amines) is 1. The lowest BCUT2D eigenvalue weighted by molar-refractivity contribution is -0.164. The number of aliphatic hydroxyl groups excluding tert-OH is 1. The Labute approximate surface area is 217 Å². The molecule has 2 fully saturated rings. The van der Waals surface area contributed by atoms with Crippen molar-refractivity contribution < 1.29 is 29.0 Å². The molecule has 2 saturated heterocycles. The van der Waals surface area contributed by atoms with Crippen LogP contribution in [-0.4, -0.2) is 75.2 Å². The van der Waals surface area contributed by atoms with Gasteiger partial charge in [0.1, 0.15) is 23.2 Å². The van der Waals surface area contributed by atoms with Crippen LogP contribution in [0.3, 0.4) is 0 Å². The molecule has 2 amide bonds. The van der Waals surface area contributed by atoms with Crippen LogP contribution in [0.5, 0.6) is 0 Å². The summed E-state index contributed by atoms with van der Waals surface area (Å²) in [5, 5.41) is 10.6. The molecule has 0 radical (unpaired) electrons. The second kappa shape index (κ2) is 9.10. The lowest BCUT2D eigenvalue weighted by atomic mass is 9.73. The summed E-state index contributed by atoms with van der Waals surface area (Å²) in [5.41, 5.74) is -2.28. The number of carbonyl (C=O) groups is 3. The minimum Gasteiger partial charge on any atom is -0.465 e. The molecule has 8 nitrogen and oxygen atoms in total. The van der Waals surface area contributed by atoms with Crippen molar-refractivity contribution in [1.29, 1.82) is 0 Å². The van der Waals surface area contributed by atoms with Crippen LogP contribution in [0.1, 0.15) is 52.1 Å². The van der Waals surface area contributed by atoms with E-state index in [1.54, 1.807) is 4.90 Å². The number of ether oxygens (including phenoxy) is 2. The summed E-state index contributed by atoms with van der Waals surface area (Å²) in [6.45, 7) is 7.97. The number of amides is 2. The van der Waals surface area contributed by atoms with Gasteiger partial charge in [0, 0.05) is 12.1 Å². The van der Waals surface area contributed by atoms with Crippen molar-refractivity contribution in [3.63, 3.8) is 0 Å². The van der Waals surface area contributed by atoms with Gasteiger partial charge >= 0.3 is 5.97 Å². The number of fused-ring (bicyclic) bond motifs is 2. The van der Waals surface area contributed by atoms with Gasteiger partial charge in [-0.2, -0.15) is 0 Å². The van der Waals surface area contributed by atoms with Crippen LogP contribution in [0.2, 0.25) is 0 Å². The van der Waals surface area contributed by atoms with Gasteiger partial charge in [0.05, 0.1) is 25.2 Å². The van der Waals surface area contributed by atoms with Crippen LogP contribution < -0.4 is 0 Å². The molecule has 6 atom stereocenters. The van der Waals surface area contributed by atoms with Crippen molar-refractivity contribution >= 4 is 17.8 Å². The molecule has 1 spiro atoms. The van der Waals surface area contributed by atoms with E-state index in [4.69, 9.17) is 9.47 Å². The Kier molecular flexibility index (Phi) is 6.31.